The van der Waals surface area contributed by atoms with Gasteiger partial charge in [0.15, 0.2) is 15.8 Å². The van der Waals surface area contributed by atoms with Gasteiger partial charge in [0.1, 0.15) is 4.88 Å². The van der Waals surface area contributed by atoms with E-state index >= 15 is 0 Å². The van der Waals surface area contributed by atoms with Gasteiger partial charge in [-0.05, 0) is 11.6 Å². The molecule has 0 aliphatic carbocycles. The summed E-state index contributed by atoms with van der Waals surface area (Å²) < 4.78 is 0.775. The molecule has 0 fully saturated rings. The summed E-state index contributed by atoms with van der Waals surface area (Å²) in [5, 5.41) is 1.00. The van der Waals surface area contributed by atoms with E-state index in [1.165, 1.54) is 23.1 Å². The van der Waals surface area contributed by atoms with E-state index in [1.807, 2.05) is 24.3 Å². The molecule has 0 saturated heterocycles. The van der Waals surface area contributed by atoms with E-state index in [2.05, 4.69) is 4.98 Å². The van der Waals surface area contributed by atoms with Gasteiger partial charge in [-0.25, -0.2) is 4.98 Å². The normalized spacial score (nSPS) is 10.5. The van der Waals surface area contributed by atoms with Crippen LogP contribution in [0.1, 0.15) is 15.2 Å². The highest BCUT2D eigenvalue weighted by Gasteiger charge is 2.09. The summed E-state index contributed by atoms with van der Waals surface area (Å²) in [5.74, 6) is 0.710. The standard InChI is InChI=1S/C11H7Cl2NOS2/c12-8-4-2-1-3-7(8)6-16-11-14-10(13)9(5-15)17-11/h1-5H,6H2. The minimum Gasteiger partial charge on any atom is -0.297 e. The van der Waals surface area contributed by atoms with Crippen LogP contribution in [-0.4, -0.2) is 11.3 Å². The van der Waals surface area contributed by atoms with Crippen LogP contribution in [0.25, 0.3) is 0 Å². The number of halogens is 2. The summed E-state index contributed by atoms with van der Waals surface area (Å²) in [6, 6.07) is 7.64. The Hall–Kier alpha value is -0.550. The number of thioether (sulfide) groups is 1. The van der Waals surface area contributed by atoms with Crippen molar-refractivity contribution in [3.05, 3.63) is 44.9 Å². The maximum Gasteiger partial charge on any atom is 0.163 e. The van der Waals surface area contributed by atoms with Crippen LogP contribution in [0.15, 0.2) is 28.6 Å². The van der Waals surface area contributed by atoms with E-state index in [9.17, 15) is 4.79 Å². The van der Waals surface area contributed by atoms with Crippen LogP contribution in [0.2, 0.25) is 10.2 Å². The van der Waals surface area contributed by atoms with Gasteiger partial charge in [-0.3, -0.25) is 4.79 Å². The molecule has 2 nitrogen and oxygen atoms in total. The topological polar surface area (TPSA) is 30.0 Å². The Labute approximate surface area is 117 Å². The number of benzene rings is 1. The van der Waals surface area contributed by atoms with Crippen molar-refractivity contribution >= 4 is 52.6 Å². The van der Waals surface area contributed by atoms with E-state index in [4.69, 9.17) is 23.2 Å². The lowest BCUT2D eigenvalue weighted by Crippen LogP contribution is -1.81. The monoisotopic (exact) mass is 303 g/mol. The van der Waals surface area contributed by atoms with Crippen molar-refractivity contribution in [3.63, 3.8) is 0 Å². The third-order valence-electron chi connectivity index (χ3n) is 2.01. The maximum absolute atomic E-state index is 10.6. The molecule has 0 saturated carbocycles. The molecule has 0 atom stereocenters. The van der Waals surface area contributed by atoms with E-state index < -0.39 is 0 Å². The van der Waals surface area contributed by atoms with Gasteiger partial charge in [0, 0.05) is 10.8 Å². The molecule has 0 radical (unpaired) electrons. The van der Waals surface area contributed by atoms with Crippen molar-refractivity contribution in [1.82, 2.24) is 4.98 Å². The molecule has 0 unspecified atom stereocenters. The van der Waals surface area contributed by atoms with E-state index in [-0.39, 0.29) is 5.15 Å². The first-order chi connectivity index (χ1) is 8.20. The van der Waals surface area contributed by atoms with Crippen molar-refractivity contribution in [3.8, 4) is 0 Å². The van der Waals surface area contributed by atoms with Gasteiger partial charge in [-0.2, -0.15) is 0 Å². The molecule has 0 aliphatic heterocycles. The first-order valence-electron chi connectivity index (χ1n) is 4.68. The number of aromatic nitrogens is 1. The second kappa shape index (κ2) is 5.87. The lowest BCUT2D eigenvalue weighted by Gasteiger charge is -2.00. The average Bonchev–Trinajstić information content (AvgIpc) is 2.69. The van der Waals surface area contributed by atoms with Crippen LogP contribution in [0.3, 0.4) is 0 Å². The van der Waals surface area contributed by atoms with Crippen molar-refractivity contribution in [2.24, 2.45) is 0 Å². The number of nitrogens with zero attached hydrogens (tertiary/aromatic N) is 1. The zero-order valence-corrected chi connectivity index (χ0v) is 11.7. The van der Waals surface area contributed by atoms with Crippen LogP contribution in [0.4, 0.5) is 0 Å². The molecule has 1 aromatic carbocycles. The third-order valence-corrected chi connectivity index (χ3v) is 4.95. The van der Waals surface area contributed by atoms with Gasteiger partial charge in [0.2, 0.25) is 0 Å². The fourth-order valence-electron chi connectivity index (χ4n) is 1.18. The predicted octanol–water partition coefficient (Wildman–Crippen LogP) is 4.55. The molecular weight excluding hydrogens is 297 g/mol. The Kier molecular flexibility index (Phi) is 4.45. The number of thiazole rings is 1. The maximum atomic E-state index is 10.6. The Morgan fingerprint density at radius 2 is 2.12 bits per heavy atom. The second-order valence-corrected chi connectivity index (χ2v) is 6.15. The van der Waals surface area contributed by atoms with Gasteiger partial charge in [-0.1, -0.05) is 53.2 Å². The predicted molar refractivity (Wildman–Crippen MR) is 73.5 cm³/mol. The average molecular weight is 304 g/mol. The number of carbonyl (C=O) groups is 1. The fraction of sp³-hybridized carbons (Fsp3) is 0.0909. The Balaban J connectivity index is 2.07. The van der Waals surface area contributed by atoms with Crippen molar-refractivity contribution in [1.29, 1.82) is 0 Å². The van der Waals surface area contributed by atoms with Crippen molar-refractivity contribution < 1.29 is 4.79 Å². The molecule has 6 heteroatoms. The van der Waals surface area contributed by atoms with Gasteiger partial charge >= 0.3 is 0 Å². The van der Waals surface area contributed by atoms with Crippen LogP contribution in [-0.2, 0) is 5.75 Å². The van der Waals surface area contributed by atoms with Crippen LogP contribution in [0.5, 0.6) is 0 Å². The Morgan fingerprint density at radius 3 is 2.76 bits per heavy atom. The highest BCUT2D eigenvalue weighted by molar-refractivity contribution is 8.00. The summed E-state index contributed by atoms with van der Waals surface area (Å²) >= 11 is 14.6. The molecule has 0 amide bonds. The van der Waals surface area contributed by atoms with E-state index in [0.717, 1.165) is 21.2 Å². The lowest BCUT2D eigenvalue weighted by atomic mass is 10.2. The first-order valence-corrected chi connectivity index (χ1v) is 7.24. The number of hydrogen-bond acceptors (Lipinski definition) is 4. The van der Waals surface area contributed by atoms with Crippen LogP contribution in [0, 0.1) is 0 Å². The minimum atomic E-state index is 0.270. The Morgan fingerprint density at radius 1 is 1.35 bits per heavy atom. The minimum absolute atomic E-state index is 0.270. The summed E-state index contributed by atoms with van der Waals surface area (Å²) in [5.41, 5.74) is 1.04. The van der Waals surface area contributed by atoms with E-state index in [0.29, 0.717) is 10.6 Å². The van der Waals surface area contributed by atoms with Crippen LogP contribution >= 0.6 is 46.3 Å². The van der Waals surface area contributed by atoms with E-state index in [1.54, 1.807) is 0 Å². The summed E-state index contributed by atoms with van der Waals surface area (Å²) in [6.45, 7) is 0. The molecule has 17 heavy (non-hydrogen) atoms. The molecule has 0 aliphatic rings. The highest BCUT2D eigenvalue weighted by atomic mass is 35.5. The molecule has 88 valence electrons. The molecule has 2 rings (SSSR count). The molecule has 0 spiro atoms. The number of carbonyl (C=O) groups excluding carboxylic acids is 1. The molecule has 0 N–H and O–H groups in total. The summed E-state index contributed by atoms with van der Waals surface area (Å²) in [7, 11) is 0. The zero-order valence-electron chi connectivity index (χ0n) is 8.52. The highest BCUT2D eigenvalue weighted by Crippen LogP contribution is 2.32. The number of hydrogen-bond donors (Lipinski definition) is 0. The second-order valence-electron chi connectivity index (χ2n) is 3.13. The van der Waals surface area contributed by atoms with Gasteiger partial charge < -0.3 is 0 Å². The quantitative estimate of drug-likeness (QED) is 0.613. The summed E-state index contributed by atoms with van der Waals surface area (Å²) in [4.78, 5) is 15.2. The molecule has 1 aromatic heterocycles. The Bertz CT molecular complexity index is 542. The molecule has 1 heterocycles. The largest absolute Gasteiger partial charge is 0.297 e. The summed E-state index contributed by atoms with van der Waals surface area (Å²) in [6.07, 6.45) is 0.722. The van der Waals surface area contributed by atoms with Gasteiger partial charge in [-0.15, -0.1) is 11.3 Å². The van der Waals surface area contributed by atoms with Crippen molar-refractivity contribution in [2.45, 2.75) is 10.1 Å². The van der Waals surface area contributed by atoms with Crippen LogP contribution < -0.4 is 0 Å². The SMILES string of the molecule is O=Cc1sc(SCc2ccccc2Cl)nc1Cl. The number of rotatable bonds is 4. The zero-order chi connectivity index (χ0) is 12.3. The third kappa shape index (κ3) is 3.22. The smallest absolute Gasteiger partial charge is 0.163 e. The molecular formula is C11H7Cl2NOS2. The molecule has 0 bridgehead atoms. The fourth-order valence-corrected chi connectivity index (χ4v) is 3.68. The van der Waals surface area contributed by atoms with Gasteiger partial charge in [0.25, 0.3) is 0 Å². The number of aldehydes is 1. The van der Waals surface area contributed by atoms with Gasteiger partial charge in [0.05, 0.1) is 0 Å². The first kappa shape index (κ1) is 12.9. The van der Waals surface area contributed by atoms with Crippen molar-refractivity contribution in [2.75, 3.05) is 0 Å². The molecule has 2 aromatic rings. The lowest BCUT2D eigenvalue weighted by molar-refractivity contribution is 0.112.